The number of hydrogen-bond donors (Lipinski definition) is 2. The molecule has 0 saturated heterocycles. The van der Waals surface area contributed by atoms with Gasteiger partial charge in [-0.05, 0) is 49.3 Å². The Labute approximate surface area is 163 Å². The highest BCUT2D eigenvalue weighted by molar-refractivity contribution is 5.93. The van der Waals surface area contributed by atoms with Crippen LogP contribution in [0.3, 0.4) is 0 Å². The summed E-state index contributed by atoms with van der Waals surface area (Å²) >= 11 is 0. The van der Waals surface area contributed by atoms with Crippen LogP contribution in [0.4, 0.5) is 0 Å². The number of ether oxygens (including phenoxy) is 1. The average molecular weight is 375 g/mol. The lowest BCUT2D eigenvalue weighted by Crippen LogP contribution is -2.46. The van der Waals surface area contributed by atoms with Crippen molar-refractivity contribution < 1.29 is 9.53 Å². The standard InChI is InChI=1S/C21H34N4O2/c1-5-22-20(24-16-21(11-6-12-21)13-14-27-4)23-15-17-7-9-18(10-8-17)19(26)25(2)3/h7-10H,5-6,11-16H2,1-4H3,(H2,22,23,24). The number of nitrogens with one attached hydrogen (secondary N) is 2. The van der Waals surface area contributed by atoms with Crippen molar-refractivity contribution in [1.29, 1.82) is 0 Å². The first kappa shape index (κ1) is 21.2. The molecule has 27 heavy (non-hydrogen) atoms. The van der Waals surface area contributed by atoms with Gasteiger partial charge in [0, 0.05) is 46.5 Å². The SMILES string of the molecule is CCNC(=NCc1ccc(C(=O)N(C)C)cc1)NCC1(CCOC)CCC1. The number of rotatable bonds is 9. The maximum absolute atomic E-state index is 12.0. The van der Waals surface area contributed by atoms with Crippen LogP contribution in [-0.4, -0.2) is 57.7 Å². The molecule has 1 fully saturated rings. The van der Waals surface area contributed by atoms with E-state index < -0.39 is 0 Å². The molecule has 1 aromatic carbocycles. The molecule has 0 spiro atoms. The van der Waals surface area contributed by atoms with Crippen molar-refractivity contribution in [3.05, 3.63) is 35.4 Å². The second-order valence-electron chi connectivity index (χ2n) is 7.54. The van der Waals surface area contributed by atoms with E-state index in [0.717, 1.165) is 37.6 Å². The second kappa shape index (κ2) is 10.3. The van der Waals surface area contributed by atoms with Crippen LogP contribution in [0.5, 0.6) is 0 Å². The summed E-state index contributed by atoms with van der Waals surface area (Å²) in [5.74, 6) is 0.858. The number of guanidine groups is 1. The highest BCUT2D eigenvalue weighted by Crippen LogP contribution is 2.43. The van der Waals surface area contributed by atoms with Crippen LogP contribution in [0, 0.1) is 5.41 Å². The maximum atomic E-state index is 12.0. The van der Waals surface area contributed by atoms with Gasteiger partial charge in [0.15, 0.2) is 5.96 Å². The van der Waals surface area contributed by atoms with Gasteiger partial charge < -0.3 is 20.3 Å². The van der Waals surface area contributed by atoms with Crippen molar-refractivity contribution in [3.63, 3.8) is 0 Å². The van der Waals surface area contributed by atoms with Gasteiger partial charge in [-0.15, -0.1) is 0 Å². The number of methoxy groups -OCH3 is 1. The van der Waals surface area contributed by atoms with Crippen molar-refractivity contribution in [2.75, 3.05) is 40.9 Å². The van der Waals surface area contributed by atoms with Gasteiger partial charge in [-0.1, -0.05) is 18.6 Å². The molecule has 0 atom stereocenters. The second-order valence-corrected chi connectivity index (χ2v) is 7.54. The summed E-state index contributed by atoms with van der Waals surface area (Å²) in [6, 6.07) is 7.66. The largest absolute Gasteiger partial charge is 0.385 e. The number of carbonyl (C=O) groups is 1. The summed E-state index contributed by atoms with van der Waals surface area (Å²) < 4.78 is 5.27. The summed E-state index contributed by atoms with van der Waals surface area (Å²) in [5, 5.41) is 6.83. The zero-order valence-corrected chi connectivity index (χ0v) is 17.2. The third-order valence-corrected chi connectivity index (χ3v) is 5.25. The highest BCUT2D eigenvalue weighted by atomic mass is 16.5. The number of carbonyl (C=O) groups excluding carboxylic acids is 1. The van der Waals surface area contributed by atoms with Crippen molar-refractivity contribution in [3.8, 4) is 0 Å². The van der Waals surface area contributed by atoms with Crippen LogP contribution in [0.2, 0.25) is 0 Å². The van der Waals surface area contributed by atoms with Crippen molar-refractivity contribution in [2.45, 2.75) is 39.2 Å². The topological polar surface area (TPSA) is 66.0 Å². The summed E-state index contributed by atoms with van der Waals surface area (Å²) in [4.78, 5) is 18.3. The van der Waals surface area contributed by atoms with E-state index in [1.54, 1.807) is 26.1 Å². The van der Waals surface area contributed by atoms with Gasteiger partial charge in [0.1, 0.15) is 0 Å². The quantitative estimate of drug-likeness (QED) is 0.515. The Balaban J connectivity index is 1.93. The molecular weight excluding hydrogens is 340 g/mol. The van der Waals surface area contributed by atoms with E-state index in [0.29, 0.717) is 17.5 Å². The van der Waals surface area contributed by atoms with E-state index in [9.17, 15) is 4.79 Å². The first-order chi connectivity index (χ1) is 13.0. The van der Waals surface area contributed by atoms with Gasteiger partial charge >= 0.3 is 0 Å². The summed E-state index contributed by atoms with van der Waals surface area (Å²) in [6.45, 7) is 5.22. The van der Waals surface area contributed by atoms with Crippen LogP contribution in [0.1, 0.15) is 48.5 Å². The highest BCUT2D eigenvalue weighted by Gasteiger charge is 2.36. The summed E-state index contributed by atoms with van der Waals surface area (Å²) in [7, 11) is 5.29. The molecule has 0 aliphatic heterocycles. The molecule has 150 valence electrons. The van der Waals surface area contributed by atoms with Crippen LogP contribution < -0.4 is 10.6 Å². The first-order valence-electron chi connectivity index (χ1n) is 9.81. The fourth-order valence-electron chi connectivity index (χ4n) is 3.30. The Morgan fingerprint density at radius 3 is 2.44 bits per heavy atom. The molecule has 1 aliphatic rings. The molecule has 6 nitrogen and oxygen atoms in total. The molecule has 0 unspecified atom stereocenters. The summed E-state index contributed by atoms with van der Waals surface area (Å²) in [6.07, 6.45) is 4.91. The van der Waals surface area contributed by atoms with Crippen molar-refractivity contribution in [2.24, 2.45) is 10.4 Å². The lowest BCUT2D eigenvalue weighted by atomic mass is 9.67. The van der Waals surface area contributed by atoms with Crippen LogP contribution in [0.15, 0.2) is 29.3 Å². The fraction of sp³-hybridized carbons (Fsp3) is 0.619. The zero-order valence-electron chi connectivity index (χ0n) is 17.2. The van der Waals surface area contributed by atoms with Crippen molar-refractivity contribution in [1.82, 2.24) is 15.5 Å². The summed E-state index contributed by atoms with van der Waals surface area (Å²) in [5.41, 5.74) is 2.13. The zero-order chi connectivity index (χ0) is 19.7. The van der Waals surface area contributed by atoms with Gasteiger partial charge in [0.05, 0.1) is 6.54 Å². The molecule has 0 heterocycles. The monoisotopic (exact) mass is 374 g/mol. The molecule has 0 bridgehead atoms. The van der Waals surface area contributed by atoms with Gasteiger partial charge in [0.25, 0.3) is 5.91 Å². The van der Waals surface area contributed by atoms with Crippen LogP contribution in [-0.2, 0) is 11.3 Å². The molecule has 2 N–H and O–H groups in total. The molecule has 6 heteroatoms. The number of hydrogen-bond acceptors (Lipinski definition) is 3. The predicted molar refractivity (Wildman–Crippen MR) is 110 cm³/mol. The molecule has 1 saturated carbocycles. The van der Waals surface area contributed by atoms with E-state index in [2.05, 4.69) is 17.6 Å². The van der Waals surface area contributed by atoms with Crippen molar-refractivity contribution >= 4 is 11.9 Å². The minimum atomic E-state index is 0.0157. The fourth-order valence-corrected chi connectivity index (χ4v) is 3.30. The average Bonchev–Trinajstić information content (AvgIpc) is 2.64. The smallest absolute Gasteiger partial charge is 0.253 e. The molecule has 1 amide bonds. The number of nitrogens with zero attached hydrogens (tertiary/aromatic N) is 2. The van der Waals surface area contributed by atoms with Crippen LogP contribution in [0.25, 0.3) is 0 Å². The Hall–Kier alpha value is -2.08. The Morgan fingerprint density at radius 2 is 1.93 bits per heavy atom. The molecular formula is C21H34N4O2. The van der Waals surface area contributed by atoms with Gasteiger partial charge in [-0.2, -0.15) is 0 Å². The molecule has 2 rings (SSSR count). The van der Waals surface area contributed by atoms with E-state index in [1.165, 1.54) is 19.3 Å². The number of amides is 1. The van der Waals surface area contributed by atoms with E-state index in [1.807, 2.05) is 24.3 Å². The van der Waals surface area contributed by atoms with E-state index in [-0.39, 0.29) is 5.91 Å². The predicted octanol–water partition coefficient (Wildman–Crippen LogP) is 2.65. The Kier molecular flexibility index (Phi) is 8.10. The third kappa shape index (κ3) is 6.24. The maximum Gasteiger partial charge on any atom is 0.253 e. The normalized spacial score (nSPS) is 15.8. The van der Waals surface area contributed by atoms with Gasteiger partial charge in [0.2, 0.25) is 0 Å². The molecule has 1 aliphatic carbocycles. The Bertz CT molecular complexity index is 622. The molecule has 1 aromatic rings. The van der Waals surface area contributed by atoms with Gasteiger partial charge in [-0.3, -0.25) is 4.79 Å². The van der Waals surface area contributed by atoms with E-state index in [4.69, 9.17) is 9.73 Å². The molecule has 0 aromatic heterocycles. The molecule has 0 radical (unpaired) electrons. The number of aliphatic imine (C=N–C) groups is 1. The Morgan fingerprint density at radius 1 is 1.22 bits per heavy atom. The van der Waals surface area contributed by atoms with Gasteiger partial charge in [-0.25, -0.2) is 4.99 Å². The third-order valence-electron chi connectivity index (χ3n) is 5.25. The van der Waals surface area contributed by atoms with E-state index >= 15 is 0 Å². The lowest BCUT2D eigenvalue weighted by Gasteiger charge is -2.42. The number of benzene rings is 1. The minimum absolute atomic E-state index is 0.0157. The lowest BCUT2D eigenvalue weighted by molar-refractivity contribution is 0.0732. The van der Waals surface area contributed by atoms with Crippen LogP contribution >= 0.6 is 0 Å². The minimum Gasteiger partial charge on any atom is -0.385 e. The first-order valence-corrected chi connectivity index (χ1v) is 9.81.